The number of piperidine rings is 1. The Morgan fingerprint density at radius 2 is 2.14 bits per heavy atom. The quantitative estimate of drug-likeness (QED) is 0.639. The molecular formula is C16H23N5S. The molecule has 0 aromatic carbocycles. The van der Waals surface area contributed by atoms with Crippen molar-refractivity contribution in [2.45, 2.75) is 43.8 Å². The first-order valence-electron chi connectivity index (χ1n) is 7.83. The van der Waals surface area contributed by atoms with Gasteiger partial charge >= 0.3 is 0 Å². The maximum Gasteiger partial charge on any atom is 0.189 e. The summed E-state index contributed by atoms with van der Waals surface area (Å²) < 4.78 is 2.29. The fraction of sp³-hybridized carbons (Fsp3) is 0.562. The lowest BCUT2D eigenvalue weighted by Gasteiger charge is -2.33. The van der Waals surface area contributed by atoms with Gasteiger partial charge in [0.15, 0.2) is 5.16 Å². The molecule has 0 N–H and O–H groups in total. The summed E-state index contributed by atoms with van der Waals surface area (Å²) in [6, 6.07) is 2.46. The molecule has 0 saturated carbocycles. The molecular weight excluding hydrogens is 294 g/mol. The number of anilines is 1. The van der Waals surface area contributed by atoms with Gasteiger partial charge in [0.05, 0.1) is 0 Å². The topological polar surface area (TPSA) is 46.8 Å². The summed E-state index contributed by atoms with van der Waals surface area (Å²) in [7, 11) is 0. The molecule has 6 heteroatoms. The van der Waals surface area contributed by atoms with E-state index in [0.29, 0.717) is 12.0 Å². The molecule has 1 unspecified atom stereocenters. The minimum Gasteiger partial charge on any atom is -0.356 e. The van der Waals surface area contributed by atoms with Gasteiger partial charge in [0.1, 0.15) is 11.6 Å². The number of nitrogens with zero attached hydrogens (tertiary/aromatic N) is 5. The average Bonchev–Trinajstić information content (AvgIpc) is 3.05. The predicted molar refractivity (Wildman–Crippen MR) is 90.6 cm³/mol. The first-order valence-corrected chi connectivity index (χ1v) is 9.06. The molecule has 0 bridgehead atoms. The summed E-state index contributed by atoms with van der Waals surface area (Å²) in [5.41, 5.74) is 0. The van der Waals surface area contributed by atoms with Gasteiger partial charge in [0.25, 0.3) is 0 Å². The maximum absolute atomic E-state index is 4.64. The van der Waals surface area contributed by atoms with Crippen molar-refractivity contribution in [1.82, 2.24) is 19.5 Å². The van der Waals surface area contributed by atoms with Gasteiger partial charge in [-0.2, -0.15) is 0 Å². The third-order valence-corrected chi connectivity index (χ3v) is 4.73. The molecule has 1 fully saturated rings. The Labute approximate surface area is 136 Å². The van der Waals surface area contributed by atoms with E-state index in [4.69, 9.17) is 0 Å². The summed E-state index contributed by atoms with van der Waals surface area (Å²) in [5.74, 6) is 2.71. The van der Waals surface area contributed by atoms with E-state index < -0.39 is 0 Å². The zero-order chi connectivity index (χ0) is 15.5. The second-order valence-corrected chi connectivity index (χ2v) is 6.75. The number of hydrogen-bond acceptors (Lipinski definition) is 5. The average molecular weight is 317 g/mol. The molecule has 2 aromatic heterocycles. The molecule has 22 heavy (non-hydrogen) atoms. The molecule has 0 aliphatic carbocycles. The minimum atomic E-state index is 0.454. The molecule has 3 heterocycles. The normalized spacial score (nSPS) is 18.9. The Hall–Kier alpha value is -1.56. The Morgan fingerprint density at radius 1 is 1.27 bits per heavy atom. The Balaban J connectivity index is 1.80. The van der Waals surface area contributed by atoms with Crippen LogP contribution in [0.25, 0.3) is 0 Å². The van der Waals surface area contributed by atoms with E-state index in [0.717, 1.165) is 24.1 Å². The van der Waals surface area contributed by atoms with Crippen molar-refractivity contribution in [3.63, 3.8) is 0 Å². The first-order chi connectivity index (χ1) is 10.7. The summed E-state index contributed by atoms with van der Waals surface area (Å²) in [4.78, 5) is 15.9. The van der Waals surface area contributed by atoms with Crippen LogP contribution in [-0.4, -0.2) is 38.9 Å². The zero-order valence-corrected chi connectivity index (χ0v) is 14.3. The molecule has 2 aromatic rings. The van der Waals surface area contributed by atoms with Crippen molar-refractivity contribution in [2.75, 3.05) is 24.2 Å². The van der Waals surface area contributed by atoms with Crippen molar-refractivity contribution in [2.24, 2.45) is 0 Å². The van der Waals surface area contributed by atoms with Crippen LogP contribution >= 0.6 is 11.8 Å². The molecule has 0 radical (unpaired) electrons. The lowest BCUT2D eigenvalue weighted by molar-refractivity contribution is 0.453. The number of rotatable bonds is 4. The van der Waals surface area contributed by atoms with Crippen LogP contribution in [0.15, 0.2) is 29.8 Å². The number of hydrogen-bond donors (Lipinski definition) is 0. The van der Waals surface area contributed by atoms with E-state index in [2.05, 4.69) is 44.5 Å². The first kappa shape index (κ1) is 15.3. The highest BCUT2D eigenvalue weighted by molar-refractivity contribution is 7.98. The van der Waals surface area contributed by atoms with Crippen molar-refractivity contribution in [3.8, 4) is 0 Å². The van der Waals surface area contributed by atoms with E-state index in [1.54, 1.807) is 11.8 Å². The third kappa shape index (κ3) is 3.11. The SMILES string of the molecule is CSc1nccc(N2CCCC(c3nccn3C(C)C)C2)n1. The van der Waals surface area contributed by atoms with E-state index in [1.807, 2.05) is 24.7 Å². The zero-order valence-electron chi connectivity index (χ0n) is 13.4. The molecule has 3 rings (SSSR count). The minimum absolute atomic E-state index is 0.454. The smallest absolute Gasteiger partial charge is 0.189 e. The van der Waals surface area contributed by atoms with Gasteiger partial charge in [0.2, 0.25) is 0 Å². The third-order valence-electron chi connectivity index (χ3n) is 4.17. The molecule has 0 spiro atoms. The second kappa shape index (κ2) is 6.69. The molecule has 118 valence electrons. The van der Waals surface area contributed by atoms with E-state index in [-0.39, 0.29) is 0 Å². The van der Waals surface area contributed by atoms with Gasteiger partial charge in [-0.3, -0.25) is 0 Å². The Morgan fingerprint density at radius 3 is 2.91 bits per heavy atom. The van der Waals surface area contributed by atoms with Gasteiger partial charge in [-0.25, -0.2) is 15.0 Å². The second-order valence-electron chi connectivity index (χ2n) is 5.97. The van der Waals surface area contributed by atoms with E-state index in [9.17, 15) is 0 Å². The van der Waals surface area contributed by atoms with Crippen LogP contribution in [0.4, 0.5) is 5.82 Å². The maximum atomic E-state index is 4.64. The van der Waals surface area contributed by atoms with E-state index >= 15 is 0 Å². The van der Waals surface area contributed by atoms with Crippen LogP contribution in [0.5, 0.6) is 0 Å². The largest absolute Gasteiger partial charge is 0.356 e. The van der Waals surface area contributed by atoms with Gasteiger partial charge in [0, 0.05) is 43.6 Å². The summed E-state index contributed by atoms with van der Waals surface area (Å²) >= 11 is 1.59. The number of thioether (sulfide) groups is 1. The van der Waals surface area contributed by atoms with Crippen molar-refractivity contribution < 1.29 is 0 Å². The lowest BCUT2D eigenvalue weighted by Crippen LogP contribution is -2.36. The highest BCUT2D eigenvalue weighted by atomic mass is 32.2. The molecule has 1 saturated heterocycles. The van der Waals surface area contributed by atoms with Crippen LogP contribution < -0.4 is 4.90 Å². The van der Waals surface area contributed by atoms with Crippen LogP contribution in [0.3, 0.4) is 0 Å². The summed E-state index contributed by atoms with van der Waals surface area (Å²) in [6.45, 7) is 6.46. The monoisotopic (exact) mass is 317 g/mol. The fourth-order valence-electron chi connectivity index (χ4n) is 3.08. The van der Waals surface area contributed by atoms with Gasteiger partial charge in [-0.05, 0) is 39.0 Å². The number of aromatic nitrogens is 4. The van der Waals surface area contributed by atoms with Crippen LogP contribution in [0, 0.1) is 0 Å². The van der Waals surface area contributed by atoms with E-state index in [1.165, 1.54) is 18.7 Å². The molecule has 1 atom stereocenters. The van der Waals surface area contributed by atoms with Gasteiger partial charge in [-0.15, -0.1) is 0 Å². The van der Waals surface area contributed by atoms with Crippen LogP contribution in [0.2, 0.25) is 0 Å². The van der Waals surface area contributed by atoms with Crippen LogP contribution in [-0.2, 0) is 0 Å². The summed E-state index contributed by atoms with van der Waals surface area (Å²) in [5, 5.41) is 0.836. The summed E-state index contributed by atoms with van der Waals surface area (Å²) in [6.07, 6.45) is 10.2. The van der Waals surface area contributed by atoms with Crippen LogP contribution in [0.1, 0.15) is 44.5 Å². The predicted octanol–water partition coefficient (Wildman–Crippen LogP) is 3.36. The highest BCUT2D eigenvalue weighted by Crippen LogP contribution is 2.29. The molecule has 1 aliphatic rings. The fourth-order valence-corrected chi connectivity index (χ4v) is 3.43. The van der Waals surface area contributed by atoms with Gasteiger partial charge in [-0.1, -0.05) is 11.8 Å². The van der Waals surface area contributed by atoms with Crippen molar-refractivity contribution in [3.05, 3.63) is 30.5 Å². The molecule has 1 aliphatic heterocycles. The lowest BCUT2D eigenvalue weighted by atomic mass is 9.97. The van der Waals surface area contributed by atoms with Crippen molar-refractivity contribution in [1.29, 1.82) is 0 Å². The molecule has 0 amide bonds. The number of imidazole rings is 1. The molecule has 5 nitrogen and oxygen atoms in total. The van der Waals surface area contributed by atoms with Crippen molar-refractivity contribution >= 4 is 17.6 Å². The van der Waals surface area contributed by atoms with Gasteiger partial charge < -0.3 is 9.47 Å². The highest BCUT2D eigenvalue weighted by Gasteiger charge is 2.26. The Bertz CT molecular complexity index is 625. The standard InChI is InChI=1S/C16H23N5S/c1-12(2)21-10-8-17-15(21)13-5-4-9-20(11-13)14-6-7-18-16(19-14)22-3/h6-8,10,12-13H,4-5,9,11H2,1-3H3. The Kier molecular flexibility index (Phi) is 4.66.